The van der Waals surface area contributed by atoms with Crippen LogP contribution in [0.15, 0.2) is 18.5 Å². The summed E-state index contributed by atoms with van der Waals surface area (Å²) in [6, 6.07) is 0. The van der Waals surface area contributed by atoms with E-state index in [0.29, 0.717) is 0 Å². The second-order valence-corrected chi connectivity index (χ2v) is 4.34. The minimum absolute atomic E-state index is 0.0626. The lowest BCUT2D eigenvalue weighted by atomic mass is 10.1. The molecule has 0 aromatic carbocycles. The Morgan fingerprint density at radius 2 is 2.23 bits per heavy atom. The maximum atomic E-state index is 4.28. The minimum atomic E-state index is 0.0626. The zero-order valence-electron chi connectivity index (χ0n) is 8.36. The van der Waals surface area contributed by atoms with Gasteiger partial charge in [0.1, 0.15) is 0 Å². The summed E-state index contributed by atoms with van der Waals surface area (Å²) in [4.78, 5) is 0. The Morgan fingerprint density at radius 1 is 1.54 bits per heavy atom. The Hall–Kier alpha value is -0.700. The second-order valence-electron chi connectivity index (χ2n) is 3.97. The molecule has 1 heterocycles. The lowest BCUT2D eigenvalue weighted by Gasteiger charge is -2.18. The van der Waals surface area contributed by atoms with Crippen LogP contribution in [0.2, 0.25) is 0 Å². The van der Waals surface area contributed by atoms with Crippen LogP contribution in [0.1, 0.15) is 26.3 Å². The lowest BCUT2D eigenvalue weighted by Crippen LogP contribution is -2.21. The highest BCUT2D eigenvalue weighted by molar-refractivity contribution is 7.80. The third-order valence-electron chi connectivity index (χ3n) is 1.71. The molecule has 1 aromatic heterocycles. The average Bonchev–Trinajstić information content (AvgIpc) is 2.47. The lowest BCUT2D eigenvalue weighted by molar-refractivity contribution is 0.355. The molecule has 0 fully saturated rings. The highest BCUT2D eigenvalue weighted by Crippen LogP contribution is 2.13. The molecule has 0 aliphatic rings. The molecule has 0 N–H and O–H groups in total. The maximum Gasteiger partial charge on any atom is 0.0562 e. The predicted molar refractivity (Wildman–Crippen MR) is 60.1 cm³/mol. The van der Waals surface area contributed by atoms with Gasteiger partial charge in [-0.2, -0.15) is 17.7 Å². The first kappa shape index (κ1) is 10.4. The molecule has 0 aliphatic carbocycles. The van der Waals surface area contributed by atoms with E-state index in [-0.39, 0.29) is 5.54 Å². The molecule has 1 rings (SSSR count). The zero-order chi connectivity index (χ0) is 9.90. The van der Waals surface area contributed by atoms with Gasteiger partial charge in [0.15, 0.2) is 0 Å². The first-order valence-electron chi connectivity index (χ1n) is 4.36. The van der Waals surface area contributed by atoms with Crippen LogP contribution >= 0.6 is 12.6 Å². The third-order valence-corrected chi connectivity index (χ3v) is 1.92. The van der Waals surface area contributed by atoms with E-state index in [2.05, 4.69) is 38.5 Å². The fourth-order valence-corrected chi connectivity index (χ4v) is 1.08. The van der Waals surface area contributed by atoms with E-state index < -0.39 is 0 Å². The van der Waals surface area contributed by atoms with Crippen molar-refractivity contribution in [1.82, 2.24) is 9.78 Å². The van der Waals surface area contributed by atoms with Crippen molar-refractivity contribution in [1.29, 1.82) is 0 Å². The molecular weight excluding hydrogens is 180 g/mol. The van der Waals surface area contributed by atoms with Crippen molar-refractivity contribution < 1.29 is 0 Å². The smallest absolute Gasteiger partial charge is 0.0562 e. The molecule has 0 spiro atoms. The summed E-state index contributed by atoms with van der Waals surface area (Å²) in [6.07, 6.45) is 7.94. The summed E-state index contributed by atoms with van der Waals surface area (Å²) in [7, 11) is 0. The molecule has 0 bridgehead atoms. The molecule has 0 unspecified atom stereocenters. The molecule has 1 aromatic rings. The van der Waals surface area contributed by atoms with Gasteiger partial charge in [-0.3, -0.25) is 4.68 Å². The van der Waals surface area contributed by atoms with Crippen molar-refractivity contribution in [3.8, 4) is 0 Å². The number of hydrogen-bond donors (Lipinski definition) is 1. The predicted octanol–water partition coefficient (Wildman–Crippen LogP) is 2.58. The highest BCUT2D eigenvalue weighted by Gasteiger charge is 2.12. The van der Waals surface area contributed by atoms with Crippen LogP contribution in [0, 0.1) is 0 Å². The molecule has 0 atom stereocenters. The number of thiol groups is 1. The second kappa shape index (κ2) is 4.01. The topological polar surface area (TPSA) is 17.8 Å². The van der Waals surface area contributed by atoms with Crippen LogP contribution in [-0.4, -0.2) is 15.5 Å². The van der Waals surface area contributed by atoms with Crippen molar-refractivity contribution in [2.24, 2.45) is 0 Å². The van der Waals surface area contributed by atoms with Crippen LogP contribution in [0.25, 0.3) is 6.08 Å². The van der Waals surface area contributed by atoms with Crippen LogP contribution in [0.5, 0.6) is 0 Å². The number of aromatic nitrogens is 2. The average molecular weight is 196 g/mol. The monoisotopic (exact) mass is 196 g/mol. The van der Waals surface area contributed by atoms with Crippen molar-refractivity contribution in [3.63, 3.8) is 0 Å². The van der Waals surface area contributed by atoms with Crippen molar-refractivity contribution in [2.75, 3.05) is 5.75 Å². The van der Waals surface area contributed by atoms with Gasteiger partial charge in [-0.1, -0.05) is 12.2 Å². The van der Waals surface area contributed by atoms with E-state index in [9.17, 15) is 0 Å². The van der Waals surface area contributed by atoms with E-state index in [4.69, 9.17) is 0 Å². The Bertz CT molecular complexity index is 294. The van der Waals surface area contributed by atoms with Crippen molar-refractivity contribution in [2.45, 2.75) is 26.3 Å². The van der Waals surface area contributed by atoms with Gasteiger partial charge in [0, 0.05) is 17.5 Å². The normalized spacial score (nSPS) is 12.6. The highest BCUT2D eigenvalue weighted by atomic mass is 32.1. The summed E-state index contributed by atoms with van der Waals surface area (Å²) >= 11 is 4.10. The van der Waals surface area contributed by atoms with Crippen LogP contribution in [-0.2, 0) is 5.54 Å². The van der Waals surface area contributed by atoms with Gasteiger partial charge >= 0.3 is 0 Å². The van der Waals surface area contributed by atoms with Gasteiger partial charge in [-0.25, -0.2) is 0 Å². The largest absolute Gasteiger partial charge is 0.267 e. The van der Waals surface area contributed by atoms with E-state index >= 15 is 0 Å². The Balaban J connectivity index is 2.81. The van der Waals surface area contributed by atoms with Gasteiger partial charge in [0.05, 0.1) is 11.7 Å². The number of rotatable bonds is 2. The van der Waals surface area contributed by atoms with Crippen molar-refractivity contribution >= 4 is 18.7 Å². The van der Waals surface area contributed by atoms with E-state index in [0.717, 1.165) is 11.3 Å². The molecule has 3 heteroatoms. The summed E-state index contributed by atoms with van der Waals surface area (Å²) in [6.45, 7) is 6.39. The van der Waals surface area contributed by atoms with Crippen molar-refractivity contribution in [3.05, 3.63) is 24.0 Å². The molecule has 0 amide bonds. The summed E-state index contributed by atoms with van der Waals surface area (Å²) in [5, 5.41) is 4.28. The van der Waals surface area contributed by atoms with Crippen LogP contribution in [0.4, 0.5) is 0 Å². The van der Waals surface area contributed by atoms with Gasteiger partial charge in [-0.05, 0) is 20.8 Å². The molecule has 0 saturated heterocycles. The summed E-state index contributed by atoms with van der Waals surface area (Å²) in [5.41, 5.74) is 1.19. The summed E-state index contributed by atoms with van der Waals surface area (Å²) < 4.78 is 1.96. The first-order chi connectivity index (χ1) is 6.04. The van der Waals surface area contributed by atoms with E-state index in [1.54, 1.807) is 0 Å². The SMILES string of the molecule is CC(C)(C)n1cc(C=CCS)cn1. The summed E-state index contributed by atoms with van der Waals surface area (Å²) in [5.74, 6) is 0.765. The van der Waals surface area contributed by atoms with Crippen LogP contribution < -0.4 is 0 Å². The molecule has 13 heavy (non-hydrogen) atoms. The molecule has 0 saturated carbocycles. The van der Waals surface area contributed by atoms with E-state index in [1.807, 2.05) is 29.2 Å². The standard InChI is InChI=1S/C10H16N2S/c1-10(2,3)12-8-9(7-11-12)5-4-6-13/h4-5,7-8,13H,6H2,1-3H3. The van der Waals surface area contributed by atoms with Gasteiger partial charge in [0.25, 0.3) is 0 Å². The number of hydrogen-bond acceptors (Lipinski definition) is 2. The van der Waals surface area contributed by atoms with Gasteiger partial charge in [-0.15, -0.1) is 0 Å². The van der Waals surface area contributed by atoms with Gasteiger partial charge < -0.3 is 0 Å². The molecule has 72 valence electrons. The maximum absolute atomic E-state index is 4.28. The fourth-order valence-electron chi connectivity index (χ4n) is 0.978. The van der Waals surface area contributed by atoms with E-state index in [1.165, 1.54) is 0 Å². The Labute approximate surface area is 85.1 Å². The molecular formula is C10H16N2S. The zero-order valence-corrected chi connectivity index (χ0v) is 9.25. The molecule has 0 aliphatic heterocycles. The Kier molecular flexibility index (Phi) is 3.20. The van der Waals surface area contributed by atoms with Gasteiger partial charge in [0.2, 0.25) is 0 Å². The Morgan fingerprint density at radius 3 is 2.69 bits per heavy atom. The minimum Gasteiger partial charge on any atom is -0.267 e. The van der Waals surface area contributed by atoms with Crippen LogP contribution in [0.3, 0.4) is 0 Å². The third kappa shape index (κ3) is 2.92. The quantitative estimate of drug-likeness (QED) is 0.720. The number of nitrogens with zero attached hydrogens (tertiary/aromatic N) is 2. The first-order valence-corrected chi connectivity index (χ1v) is 5.00. The fraction of sp³-hybridized carbons (Fsp3) is 0.500. The molecule has 2 nitrogen and oxygen atoms in total. The molecule has 0 radical (unpaired) electrons.